The van der Waals surface area contributed by atoms with Crippen molar-refractivity contribution in [2.45, 2.75) is 6.42 Å². The van der Waals surface area contributed by atoms with E-state index >= 15 is 0 Å². The lowest BCUT2D eigenvalue weighted by molar-refractivity contribution is -0.160. The molecule has 0 aliphatic heterocycles. The molecule has 8 heteroatoms. The minimum Gasteiger partial charge on any atom is -0.478 e. The number of carboxylic acid groups (broad SMARTS) is 2. The van der Waals surface area contributed by atoms with Gasteiger partial charge in [0.25, 0.3) is 0 Å². The Labute approximate surface area is 131 Å². The Morgan fingerprint density at radius 3 is 1.82 bits per heavy atom. The summed E-state index contributed by atoms with van der Waals surface area (Å²) >= 11 is 5.50. The zero-order valence-electron chi connectivity index (χ0n) is 11.5. The van der Waals surface area contributed by atoms with Crippen LogP contribution < -0.4 is 0 Å². The third-order valence-electron chi connectivity index (χ3n) is 1.72. The highest BCUT2D eigenvalue weighted by molar-refractivity contribution is 6.31. The van der Waals surface area contributed by atoms with Crippen LogP contribution in [-0.4, -0.2) is 34.1 Å². The van der Waals surface area contributed by atoms with Crippen LogP contribution in [-0.2, 0) is 23.9 Å². The summed E-state index contributed by atoms with van der Waals surface area (Å²) in [5, 5.41) is 15.7. The summed E-state index contributed by atoms with van der Waals surface area (Å²) < 4.78 is 4.44. The predicted molar refractivity (Wildman–Crippen MR) is 79.0 cm³/mol. The van der Waals surface area contributed by atoms with Gasteiger partial charge in [-0.05, 0) is 0 Å². The molecule has 0 spiro atoms. The average molecular weight is 331 g/mol. The van der Waals surface area contributed by atoms with Crippen LogP contribution in [0.5, 0.6) is 0 Å². The molecule has 0 bridgehead atoms. The largest absolute Gasteiger partial charge is 0.478 e. The molecular formula is C14H15ClO7. The van der Waals surface area contributed by atoms with Gasteiger partial charge in [-0.3, -0.25) is 9.59 Å². The smallest absolute Gasteiger partial charge is 0.328 e. The first kappa shape index (κ1) is 21.6. The summed E-state index contributed by atoms with van der Waals surface area (Å²) in [6.07, 6.45) is 3.70. The van der Waals surface area contributed by atoms with Crippen molar-refractivity contribution in [1.82, 2.24) is 0 Å². The number of hydrogen-bond acceptors (Lipinski definition) is 5. The van der Waals surface area contributed by atoms with Gasteiger partial charge in [0.05, 0.1) is 6.42 Å². The lowest BCUT2D eigenvalue weighted by atomic mass is 10.1. The van der Waals surface area contributed by atoms with Gasteiger partial charge >= 0.3 is 23.9 Å². The van der Waals surface area contributed by atoms with Gasteiger partial charge in [-0.2, -0.15) is 0 Å². The SMILES string of the molecule is C=CCC(=O)OC(=O)C(C=C)C(=C)Cl.O=C(O)/C=C\C(=O)O. The van der Waals surface area contributed by atoms with Crippen LogP contribution in [0.15, 0.2) is 49.1 Å². The van der Waals surface area contributed by atoms with E-state index in [1.54, 1.807) is 0 Å². The zero-order valence-corrected chi connectivity index (χ0v) is 12.3. The Bertz CT molecular complexity index is 489. The highest BCUT2D eigenvalue weighted by Crippen LogP contribution is 2.16. The summed E-state index contributed by atoms with van der Waals surface area (Å²) in [5.41, 5.74) is 0. The van der Waals surface area contributed by atoms with E-state index in [2.05, 4.69) is 24.5 Å². The first-order chi connectivity index (χ1) is 10.1. The third kappa shape index (κ3) is 12.4. The molecule has 0 saturated carbocycles. The molecule has 1 atom stereocenters. The molecule has 7 nitrogen and oxygen atoms in total. The lowest BCUT2D eigenvalue weighted by Crippen LogP contribution is -2.19. The summed E-state index contributed by atoms with van der Waals surface area (Å²) in [5.74, 6) is -4.81. The molecule has 0 aliphatic carbocycles. The monoisotopic (exact) mass is 330 g/mol. The van der Waals surface area contributed by atoms with Crippen LogP contribution in [0.25, 0.3) is 0 Å². The number of aliphatic carboxylic acids is 2. The molecule has 2 N–H and O–H groups in total. The Morgan fingerprint density at radius 2 is 1.55 bits per heavy atom. The maximum atomic E-state index is 11.2. The van der Waals surface area contributed by atoms with E-state index in [-0.39, 0.29) is 11.5 Å². The van der Waals surface area contributed by atoms with Gasteiger partial charge in [-0.1, -0.05) is 30.3 Å². The number of carbonyl (C=O) groups excluding carboxylic acids is 2. The van der Waals surface area contributed by atoms with E-state index in [1.807, 2.05) is 0 Å². The van der Waals surface area contributed by atoms with Crippen LogP contribution in [0.1, 0.15) is 6.42 Å². The zero-order chi connectivity index (χ0) is 17.7. The van der Waals surface area contributed by atoms with E-state index < -0.39 is 29.8 Å². The molecule has 120 valence electrons. The maximum absolute atomic E-state index is 11.2. The predicted octanol–water partition coefficient (Wildman–Crippen LogP) is 1.90. The lowest BCUT2D eigenvalue weighted by Gasteiger charge is -2.08. The fraction of sp³-hybridized carbons (Fsp3) is 0.143. The number of halogens is 1. The molecule has 0 heterocycles. The van der Waals surface area contributed by atoms with Gasteiger partial charge < -0.3 is 14.9 Å². The van der Waals surface area contributed by atoms with Crippen LogP contribution in [0, 0.1) is 5.92 Å². The first-order valence-electron chi connectivity index (χ1n) is 5.61. The fourth-order valence-electron chi connectivity index (χ4n) is 0.830. The third-order valence-corrected chi connectivity index (χ3v) is 1.96. The fourth-order valence-corrected chi connectivity index (χ4v) is 1.01. The number of rotatable bonds is 7. The van der Waals surface area contributed by atoms with Gasteiger partial charge in [0, 0.05) is 17.2 Å². The van der Waals surface area contributed by atoms with Gasteiger partial charge in [0.2, 0.25) is 0 Å². The van der Waals surface area contributed by atoms with Crippen LogP contribution in [0.2, 0.25) is 0 Å². The summed E-state index contributed by atoms with van der Waals surface area (Å²) in [6.45, 7) is 10.1. The number of ether oxygens (including phenoxy) is 1. The highest BCUT2D eigenvalue weighted by atomic mass is 35.5. The molecule has 0 fully saturated rings. The molecule has 0 radical (unpaired) electrons. The van der Waals surface area contributed by atoms with E-state index in [0.717, 1.165) is 0 Å². The van der Waals surface area contributed by atoms with E-state index in [9.17, 15) is 19.2 Å². The second-order valence-corrected chi connectivity index (χ2v) is 3.94. The molecular weight excluding hydrogens is 316 g/mol. The summed E-state index contributed by atoms with van der Waals surface area (Å²) in [7, 11) is 0. The van der Waals surface area contributed by atoms with Crippen molar-refractivity contribution < 1.29 is 34.1 Å². The van der Waals surface area contributed by atoms with Crippen molar-refractivity contribution in [3.63, 3.8) is 0 Å². The molecule has 22 heavy (non-hydrogen) atoms. The number of esters is 2. The molecule has 0 aromatic rings. The number of carbonyl (C=O) groups is 4. The van der Waals surface area contributed by atoms with Crippen molar-refractivity contribution in [2.24, 2.45) is 5.92 Å². The van der Waals surface area contributed by atoms with E-state index in [1.165, 1.54) is 12.2 Å². The molecule has 0 aromatic carbocycles. The molecule has 0 rings (SSSR count). The van der Waals surface area contributed by atoms with Crippen molar-refractivity contribution in [3.8, 4) is 0 Å². The minimum atomic E-state index is -1.26. The molecule has 0 amide bonds. The van der Waals surface area contributed by atoms with Gasteiger partial charge in [-0.15, -0.1) is 13.2 Å². The van der Waals surface area contributed by atoms with Crippen molar-refractivity contribution in [2.75, 3.05) is 0 Å². The highest BCUT2D eigenvalue weighted by Gasteiger charge is 2.20. The normalized spacial score (nSPS) is 10.6. The minimum absolute atomic E-state index is 0.0234. The van der Waals surface area contributed by atoms with Crippen LogP contribution >= 0.6 is 11.6 Å². The topological polar surface area (TPSA) is 118 Å². The van der Waals surface area contributed by atoms with Crippen molar-refractivity contribution >= 4 is 35.5 Å². The Balaban J connectivity index is 0. The van der Waals surface area contributed by atoms with Crippen molar-refractivity contribution in [3.05, 3.63) is 49.1 Å². The Morgan fingerprint density at radius 1 is 1.09 bits per heavy atom. The van der Waals surface area contributed by atoms with E-state index in [0.29, 0.717) is 12.2 Å². The molecule has 0 aromatic heterocycles. The second-order valence-electron chi connectivity index (χ2n) is 3.46. The van der Waals surface area contributed by atoms with Gasteiger partial charge in [0.15, 0.2) is 0 Å². The number of hydrogen-bond donors (Lipinski definition) is 2. The van der Waals surface area contributed by atoms with Crippen LogP contribution in [0.4, 0.5) is 0 Å². The summed E-state index contributed by atoms with van der Waals surface area (Å²) in [4.78, 5) is 41.2. The maximum Gasteiger partial charge on any atom is 0.328 e. The van der Waals surface area contributed by atoms with Crippen LogP contribution in [0.3, 0.4) is 0 Å². The van der Waals surface area contributed by atoms with Crippen molar-refractivity contribution in [1.29, 1.82) is 0 Å². The standard InChI is InChI=1S/C10H11ClO3.C4H4O4/c1-4-6-9(12)14-10(13)8(5-2)7(3)11;5-3(6)1-2-4(7)8/h4-5,8H,1-3,6H2;1-2H,(H,5,6)(H,7,8)/b;2-1-. The van der Waals surface area contributed by atoms with Gasteiger partial charge in [0.1, 0.15) is 5.92 Å². The second kappa shape index (κ2) is 12.1. The molecule has 0 saturated heterocycles. The summed E-state index contributed by atoms with van der Waals surface area (Å²) in [6, 6.07) is 0. The Hall–Kier alpha value is -2.67. The molecule has 1 unspecified atom stereocenters. The molecule has 0 aliphatic rings. The average Bonchev–Trinajstić information content (AvgIpc) is 2.37. The van der Waals surface area contributed by atoms with Gasteiger partial charge in [-0.25, -0.2) is 9.59 Å². The van der Waals surface area contributed by atoms with E-state index in [4.69, 9.17) is 21.8 Å². The number of carboxylic acids is 2. The quantitative estimate of drug-likeness (QED) is 0.317. The Kier molecular flexibility index (Phi) is 11.9. The first-order valence-corrected chi connectivity index (χ1v) is 5.99.